The van der Waals surface area contributed by atoms with Gasteiger partial charge in [0.05, 0.1) is 0 Å². The van der Waals surface area contributed by atoms with Gasteiger partial charge in [0.1, 0.15) is 0 Å². The summed E-state index contributed by atoms with van der Waals surface area (Å²) in [5.41, 5.74) is 3.78. The lowest BCUT2D eigenvalue weighted by Crippen LogP contribution is -2.26. The molecule has 64 valence electrons. The summed E-state index contributed by atoms with van der Waals surface area (Å²) in [6.45, 7) is 11.7. The molecule has 1 atom stereocenters. The topological polar surface area (TPSA) is 0 Å². The molecule has 1 aliphatic rings. The fraction of sp³-hybridized carbons (Fsp3) is 0.818. The predicted molar refractivity (Wildman–Crippen MR) is 50.6 cm³/mol. The van der Waals surface area contributed by atoms with Crippen LogP contribution in [0.2, 0.25) is 0 Å². The highest BCUT2D eigenvalue weighted by Gasteiger charge is 2.30. The molecule has 1 aliphatic carbocycles. The molecule has 0 heterocycles. The fourth-order valence-corrected chi connectivity index (χ4v) is 1.88. The fourth-order valence-electron chi connectivity index (χ4n) is 1.88. The third kappa shape index (κ3) is 1.50. The van der Waals surface area contributed by atoms with Gasteiger partial charge in [0.15, 0.2) is 0 Å². The molecule has 0 fully saturated rings. The molecular formula is C11H20. The van der Waals surface area contributed by atoms with E-state index < -0.39 is 0 Å². The molecule has 0 nitrogen and oxygen atoms in total. The molecule has 0 bridgehead atoms. The molecule has 0 aromatic carbocycles. The summed E-state index contributed by atoms with van der Waals surface area (Å²) in [5, 5.41) is 0. The van der Waals surface area contributed by atoms with E-state index in [0.717, 1.165) is 5.92 Å². The van der Waals surface area contributed by atoms with Crippen molar-refractivity contribution in [1.82, 2.24) is 0 Å². The van der Waals surface area contributed by atoms with Crippen molar-refractivity contribution in [3.8, 4) is 0 Å². The Labute approximate surface area is 70.7 Å². The molecule has 0 unspecified atom stereocenters. The third-order valence-electron chi connectivity index (χ3n) is 3.64. The molecule has 0 radical (unpaired) electrons. The quantitative estimate of drug-likeness (QED) is 0.463. The summed E-state index contributed by atoms with van der Waals surface area (Å²) >= 11 is 0. The van der Waals surface area contributed by atoms with Gasteiger partial charge >= 0.3 is 0 Å². The van der Waals surface area contributed by atoms with Crippen LogP contribution in [0, 0.1) is 11.3 Å². The summed E-state index contributed by atoms with van der Waals surface area (Å²) in [7, 11) is 0. The Hall–Kier alpha value is -0.260. The summed E-state index contributed by atoms with van der Waals surface area (Å²) in [5.74, 6) is 0.774. The normalized spacial score (nSPS) is 30.8. The number of allylic oxidation sites excluding steroid dienone is 2. The third-order valence-corrected chi connectivity index (χ3v) is 3.64. The molecule has 1 rings (SSSR count). The molecule has 0 saturated carbocycles. The molecule has 0 aromatic rings. The van der Waals surface area contributed by atoms with Crippen LogP contribution < -0.4 is 0 Å². The van der Waals surface area contributed by atoms with Crippen LogP contribution >= 0.6 is 0 Å². The second-order valence-electron chi connectivity index (χ2n) is 4.67. The summed E-state index contributed by atoms with van der Waals surface area (Å²) in [6, 6.07) is 0. The maximum absolute atomic E-state index is 2.38. The zero-order valence-electron chi connectivity index (χ0n) is 8.49. The average Bonchev–Trinajstić information content (AvgIpc) is 1.95. The first-order valence-corrected chi connectivity index (χ1v) is 4.61. The highest BCUT2D eigenvalue weighted by Crippen LogP contribution is 2.42. The van der Waals surface area contributed by atoms with Crippen LogP contribution in [0.4, 0.5) is 0 Å². The van der Waals surface area contributed by atoms with Crippen LogP contribution in [-0.2, 0) is 0 Å². The Balaban J connectivity index is 2.90. The van der Waals surface area contributed by atoms with Crippen molar-refractivity contribution < 1.29 is 0 Å². The Kier molecular flexibility index (Phi) is 2.13. The molecule has 0 amide bonds. The van der Waals surface area contributed by atoms with Gasteiger partial charge in [-0.2, -0.15) is 0 Å². The van der Waals surface area contributed by atoms with E-state index in [-0.39, 0.29) is 0 Å². The largest absolute Gasteiger partial charge is 0.0741 e. The van der Waals surface area contributed by atoms with Crippen molar-refractivity contribution in [3.05, 3.63) is 11.1 Å². The maximum atomic E-state index is 2.38. The van der Waals surface area contributed by atoms with Crippen molar-refractivity contribution in [2.24, 2.45) is 11.3 Å². The zero-order valence-corrected chi connectivity index (χ0v) is 8.49. The van der Waals surface area contributed by atoms with Crippen LogP contribution in [0.3, 0.4) is 0 Å². The molecule has 0 N–H and O–H groups in total. The molecule has 0 spiro atoms. The summed E-state index contributed by atoms with van der Waals surface area (Å²) in [4.78, 5) is 0. The first-order valence-electron chi connectivity index (χ1n) is 4.61. The minimum atomic E-state index is 0.531. The lowest BCUT2D eigenvalue weighted by atomic mass is 9.68. The van der Waals surface area contributed by atoms with E-state index >= 15 is 0 Å². The molecule has 0 aliphatic heterocycles. The van der Waals surface area contributed by atoms with Gasteiger partial charge in [0.25, 0.3) is 0 Å². The van der Waals surface area contributed by atoms with Crippen molar-refractivity contribution in [2.45, 2.75) is 47.5 Å². The minimum absolute atomic E-state index is 0.531. The Morgan fingerprint density at radius 1 is 1.27 bits per heavy atom. The van der Waals surface area contributed by atoms with Crippen molar-refractivity contribution in [1.29, 1.82) is 0 Å². The summed E-state index contributed by atoms with van der Waals surface area (Å²) < 4.78 is 0. The van der Waals surface area contributed by atoms with Gasteiger partial charge in [-0.25, -0.2) is 0 Å². The van der Waals surface area contributed by atoms with Gasteiger partial charge in [0.2, 0.25) is 0 Å². The monoisotopic (exact) mass is 152 g/mol. The van der Waals surface area contributed by atoms with Crippen molar-refractivity contribution in [2.75, 3.05) is 0 Å². The molecule has 0 saturated heterocycles. The second-order valence-corrected chi connectivity index (χ2v) is 4.67. The molecule has 0 heteroatoms. The van der Waals surface area contributed by atoms with E-state index in [2.05, 4.69) is 34.6 Å². The molecular weight excluding hydrogens is 132 g/mol. The van der Waals surface area contributed by atoms with E-state index in [1.807, 2.05) is 0 Å². The molecule has 11 heavy (non-hydrogen) atoms. The number of hydrogen-bond donors (Lipinski definition) is 0. The average molecular weight is 152 g/mol. The van der Waals surface area contributed by atoms with Gasteiger partial charge in [-0.3, -0.25) is 0 Å². The Morgan fingerprint density at radius 3 is 2.27 bits per heavy atom. The second kappa shape index (κ2) is 2.66. The van der Waals surface area contributed by atoms with E-state index in [1.165, 1.54) is 12.8 Å². The Bertz CT molecular complexity index is 184. The van der Waals surface area contributed by atoms with Crippen molar-refractivity contribution in [3.63, 3.8) is 0 Å². The molecule has 0 aromatic heterocycles. The van der Waals surface area contributed by atoms with E-state index in [1.54, 1.807) is 11.1 Å². The Morgan fingerprint density at radius 2 is 1.82 bits per heavy atom. The van der Waals surface area contributed by atoms with Crippen LogP contribution in [-0.4, -0.2) is 0 Å². The minimum Gasteiger partial charge on any atom is -0.0741 e. The van der Waals surface area contributed by atoms with Gasteiger partial charge in [0, 0.05) is 0 Å². The van der Waals surface area contributed by atoms with Crippen LogP contribution in [0.1, 0.15) is 47.5 Å². The van der Waals surface area contributed by atoms with E-state index in [0.29, 0.717) is 5.41 Å². The highest BCUT2D eigenvalue weighted by molar-refractivity contribution is 5.18. The predicted octanol–water partition coefficient (Wildman–Crippen LogP) is 3.78. The van der Waals surface area contributed by atoms with Gasteiger partial charge in [-0.1, -0.05) is 31.9 Å². The van der Waals surface area contributed by atoms with E-state index in [9.17, 15) is 0 Å². The lowest BCUT2D eigenvalue weighted by Gasteiger charge is -2.38. The van der Waals surface area contributed by atoms with Crippen LogP contribution in [0.25, 0.3) is 0 Å². The van der Waals surface area contributed by atoms with Gasteiger partial charge in [-0.15, -0.1) is 0 Å². The number of hydrogen-bond acceptors (Lipinski definition) is 0. The smallest absolute Gasteiger partial charge is 0.0180 e. The lowest BCUT2D eigenvalue weighted by molar-refractivity contribution is 0.226. The van der Waals surface area contributed by atoms with Crippen LogP contribution in [0.5, 0.6) is 0 Å². The highest BCUT2D eigenvalue weighted by atomic mass is 14.4. The first kappa shape index (κ1) is 8.83. The summed E-state index contributed by atoms with van der Waals surface area (Å²) in [6.07, 6.45) is 2.67. The maximum Gasteiger partial charge on any atom is -0.0180 e. The van der Waals surface area contributed by atoms with Gasteiger partial charge < -0.3 is 0 Å². The SMILES string of the molecule is CC1=C(C)[C@H](C)C(C)(C)CC1. The standard InChI is InChI=1S/C11H20/c1-8-6-7-11(4,5)10(3)9(8)2/h10H,6-7H2,1-5H3/t10-/m0/s1. The zero-order chi connectivity index (χ0) is 8.65. The van der Waals surface area contributed by atoms with Crippen molar-refractivity contribution >= 4 is 0 Å². The van der Waals surface area contributed by atoms with E-state index in [4.69, 9.17) is 0 Å². The van der Waals surface area contributed by atoms with Gasteiger partial charge in [-0.05, 0) is 38.0 Å². The number of rotatable bonds is 0. The van der Waals surface area contributed by atoms with Crippen LogP contribution in [0.15, 0.2) is 11.1 Å². The first-order chi connectivity index (χ1) is 4.95.